The van der Waals surface area contributed by atoms with Gasteiger partial charge in [0, 0.05) is 5.25 Å². The molecular weight excluding hydrogens is 321 g/mol. The van der Waals surface area contributed by atoms with Gasteiger partial charge in [0.2, 0.25) is 0 Å². The zero-order valence-electron chi connectivity index (χ0n) is 14.7. The molecule has 1 fully saturated rings. The van der Waals surface area contributed by atoms with Crippen molar-refractivity contribution >= 4 is 19.4 Å². The highest BCUT2D eigenvalue weighted by atomic mass is 32.2. The summed E-state index contributed by atoms with van der Waals surface area (Å²) in [6.07, 6.45) is 3.13. The standard InChI is InChI=1S/C15H32NO4PS/c1-11(2)13-8-7-12(3)9-14(13)22-15(17,21(18,19)20)10-16(4,5)6/h11-14,17H,7-10H2,1-6H3,(H-,18,19,20)/p+1. The van der Waals surface area contributed by atoms with Crippen molar-refractivity contribution in [2.75, 3.05) is 27.7 Å². The molecule has 4 unspecified atom stereocenters. The highest BCUT2D eigenvalue weighted by Crippen LogP contribution is 2.59. The van der Waals surface area contributed by atoms with Crippen molar-refractivity contribution in [3.05, 3.63) is 0 Å². The zero-order valence-corrected chi connectivity index (χ0v) is 16.4. The average molecular weight is 354 g/mol. The van der Waals surface area contributed by atoms with Crippen LogP contribution in [0.1, 0.15) is 40.0 Å². The van der Waals surface area contributed by atoms with E-state index in [1.54, 1.807) is 0 Å². The van der Waals surface area contributed by atoms with E-state index in [4.69, 9.17) is 0 Å². The lowest BCUT2D eigenvalue weighted by Gasteiger charge is -2.42. The largest absolute Gasteiger partial charge is 0.373 e. The summed E-state index contributed by atoms with van der Waals surface area (Å²) < 4.78 is 10.3. The van der Waals surface area contributed by atoms with Crippen LogP contribution in [0.2, 0.25) is 0 Å². The molecule has 22 heavy (non-hydrogen) atoms. The number of thioether (sulfide) groups is 1. The molecule has 1 aliphatic carbocycles. The molecule has 0 aliphatic heterocycles. The minimum absolute atomic E-state index is 0.0254. The molecule has 0 spiro atoms. The van der Waals surface area contributed by atoms with Crippen molar-refractivity contribution in [1.82, 2.24) is 0 Å². The molecule has 1 aliphatic rings. The highest BCUT2D eigenvalue weighted by molar-refractivity contribution is 8.06. The van der Waals surface area contributed by atoms with E-state index in [9.17, 15) is 19.5 Å². The van der Waals surface area contributed by atoms with Gasteiger partial charge in [0.1, 0.15) is 6.54 Å². The summed E-state index contributed by atoms with van der Waals surface area (Å²) in [7, 11) is 0.889. The van der Waals surface area contributed by atoms with Gasteiger partial charge in [-0.2, -0.15) is 0 Å². The average Bonchev–Trinajstić information content (AvgIpc) is 2.23. The van der Waals surface area contributed by atoms with Gasteiger partial charge in [-0.1, -0.05) is 27.2 Å². The van der Waals surface area contributed by atoms with Gasteiger partial charge in [-0.25, -0.2) is 0 Å². The first-order valence-corrected chi connectivity index (χ1v) is 10.5. The molecule has 0 bridgehead atoms. The minimum atomic E-state index is -4.62. The summed E-state index contributed by atoms with van der Waals surface area (Å²) in [5.41, 5.74) is 0. The van der Waals surface area contributed by atoms with Gasteiger partial charge < -0.3 is 19.4 Å². The summed E-state index contributed by atoms with van der Waals surface area (Å²) in [6, 6.07) is 0. The maximum Gasteiger partial charge on any atom is 0.373 e. The van der Waals surface area contributed by atoms with Crippen LogP contribution in [0, 0.1) is 17.8 Å². The van der Waals surface area contributed by atoms with Crippen LogP contribution in [0.15, 0.2) is 0 Å². The van der Waals surface area contributed by atoms with E-state index in [0.29, 0.717) is 22.2 Å². The van der Waals surface area contributed by atoms with Gasteiger partial charge in [-0.3, -0.25) is 4.57 Å². The molecule has 0 aromatic rings. The normalized spacial score (nSPS) is 30.4. The molecule has 0 saturated heterocycles. The van der Waals surface area contributed by atoms with Crippen LogP contribution in [-0.4, -0.2) is 57.0 Å². The topological polar surface area (TPSA) is 77.8 Å². The maximum absolute atomic E-state index is 12.0. The van der Waals surface area contributed by atoms with Crippen LogP contribution in [0.5, 0.6) is 0 Å². The molecule has 132 valence electrons. The van der Waals surface area contributed by atoms with Crippen molar-refractivity contribution in [2.45, 2.75) is 50.0 Å². The second-order valence-electron chi connectivity index (χ2n) is 8.22. The number of rotatable bonds is 6. The Morgan fingerprint density at radius 2 is 1.82 bits per heavy atom. The summed E-state index contributed by atoms with van der Waals surface area (Å²) in [6.45, 7) is 6.52. The third-order valence-electron chi connectivity index (χ3n) is 4.44. The Morgan fingerprint density at radius 3 is 2.23 bits per heavy atom. The molecule has 7 heteroatoms. The fourth-order valence-electron chi connectivity index (χ4n) is 3.31. The third-order valence-corrected chi connectivity index (χ3v) is 7.87. The first kappa shape index (κ1) is 20.5. The Morgan fingerprint density at radius 1 is 1.27 bits per heavy atom. The third kappa shape index (κ3) is 5.50. The quantitative estimate of drug-likeness (QED) is 0.388. The second kappa shape index (κ2) is 7.12. The Kier molecular flexibility index (Phi) is 6.62. The molecule has 4 atom stereocenters. The van der Waals surface area contributed by atoms with Crippen molar-refractivity contribution in [2.24, 2.45) is 17.8 Å². The van der Waals surface area contributed by atoms with Crippen molar-refractivity contribution < 1.29 is 23.9 Å². The predicted molar refractivity (Wildman–Crippen MR) is 92.6 cm³/mol. The van der Waals surface area contributed by atoms with Gasteiger partial charge in [-0.15, -0.1) is 11.8 Å². The molecule has 5 nitrogen and oxygen atoms in total. The molecular formula is C15H33NO4PS+. The van der Waals surface area contributed by atoms with E-state index in [2.05, 4.69) is 20.8 Å². The smallest absolute Gasteiger partial charge is 0.365 e. The highest BCUT2D eigenvalue weighted by Gasteiger charge is 2.53. The molecule has 1 rings (SSSR count). The Hall–Kier alpha value is 0.420. The van der Waals surface area contributed by atoms with Crippen molar-refractivity contribution in [1.29, 1.82) is 0 Å². The van der Waals surface area contributed by atoms with Gasteiger partial charge in [0.05, 0.1) is 21.1 Å². The number of likely N-dealkylation sites (N-methyl/N-ethyl adjacent to an activating group) is 1. The maximum atomic E-state index is 12.0. The summed E-state index contributed by atoms with van der Waals surface area (Å²) in [4.78, 5) is 19.5. The lowest BCUT2D eigenvalue weighted by atomic mass is 9.77. The zero-order chi connectivity index (χ0) is 17.3. The van der Waals surface area contributed by atoms with Crippen LogP contribution in [0.25, 0.3) is 0 Å². The van der Waals surface area contributed by atoms with Crippen LogP contribution in [0.3, 0.4) is 0 Å². The van der Waals surface area contributed by atoms with Crippen molar-refractivity contribution in [3.8, 4) is 0 Å². The summed E-state index contributed by atoms with van der Waals surface area (Å²) in [5.74, 6) is 1.39. The molecule has 0 heterocycles. The molecule has 3 N–H and O–H groups in total. The predicted octanol–water partition coefficient (Wildman–Crippen LogP) is 2.71. The van der Waals surface area contributed by atoms with E-state index in [-0.39, 0.29) is 11.8 Å². The van der Waals surface area contributed by atoms with E-state index in [0.717, 1.165) is 31.0 Å². The van der Waals surface area contributed by atoms with Crippen molar-refractivity contribution in [3.63, 3.8) is 0 Å². The first-order valence-electron chi connectivity index (χ1n) is 8.01. The lowest BCUT2D eigenvalue weighted by Crippen LogP contribution is -2.49. The minimum Gasteiger partial charge on any atom is -0.365 e. The molecule has 1 saturated carbocycles. The van der Waals surface area contributed by atoms with Crippen LogP contribution >= 0.6 is 19.4 Å². The van der Waals surface area contributed by atoms with Crippen LogP contribution in [-0.2, 0) is 4.57 Å². The van der Waals surface area contributed by atoms with E-state index < -0.39 is 12.3 Å². The van der Waals surface area contributed by atoms with Crippen LogP contribution in [0.4, 0.5) is 0 Å². The van der Waals surface area contributed by atoms with E-state index >= 15 is 0 Å². The fraction of sp³-hybridized carbons (Fsp3) is 1.00. The monoisotopic (exact) mass is 354 g/mol. The number of aliphatic hydroxyl groups is 1. The Balaban J connectivity index is 3.03. The van der Waals surface area contributed by atoms with Crippen LogP contribution < -0.4 is 0 Å². The molecule has 0 amide bonds. The van der Waals surface area contributed by atoms with Gasteiger partial charge in [0.25, 0.3) is 4.67 Å². The number of quaternary nitrogens is 1. The van der Waals surface area contributed by atoms with Gasteiger partial charge in [0.15, 0.2) is 0 Å². The summed E-state index contributed by atoms with van der Waals surface area (Å²) >= 11 is 1.12. The number of hydrogen-bond acceptors (Lipinski definition) is 3. The molecule has 0 radical (unpaired) electrons. The summed E-state index contributed by atoms with van der Waals surface area (Å²) in [5, 5.41) is 10.9. The number of nitrogens with zero attached hydrogens (tertiary/aromatic N) is 1. The molecule has 0 aromatic carbocycles. The Bertz CT molecular complexity index is 420. The second-order valence-corrected chi connectivity index (χ2v) is 11.9. The van der Waals surface area contributed by atoms with E-state index in [1.807, 2.05) is 21.1 Å². The Labute approximate surface area is 139 Å². The molecule has 0 aromatic heterocycles. The van der Waals surface area contributed by atoms with Gasteiger partial charge >= 0.3 is 7.60 Å². The number of hydrogen-bond donors (Lipinski definition) is 3. The SMILES string of the molecule is CC1CCC(C(C)C)C(SC(O)(C[N+](C)(C)C)P(=O)(O)O)C1. The lowest BCUT2D eigenvalue weighted by molar-refractivity contribution is -0.873. The first-order chi connectivity index (χ1) is 9.75. The van der Waals surface area contributed by atoms with E-state index in [1.165, 1.54) is 0 Å². The van der Waals surface area contributed by atoms with Gasteiger partial charge in [-0.05, 0) is 30.6 Å². The fourth-order valence-corrected chi connectivity index (χ4v) is 6.87.